The average molecular weight is 409 g/mol. The summed E-state index contributed by atoms with van der Waals surface area (Å²) < 4.78 is 7.97. The molecule has 0 spiro atoms. The molecule has 3 aromatic rings. The Hall–Kier alpha value is -1.53. The second kappa shape index (κ2) is 8.72. The SMILES string of the molecule is S=C(Oc1ccccc1)SC(c1ccc(Cl)cc1)C(Cl)n1ccnc1. The maximum atomic E-state index is 6.69. The van der Waals surface area contributed by atoms with Gasteiger partial charge in [0.2, 0.25) is 4.38 Å². The molecule has 0 N–H and O–H groups in total. The molecule has 0 saturated heterocycles. The second-order valence-corrected chi connectivity index (χ2v) is 7.76. The van der Waals surface area contributed by atoms with Crippen LogP contribution in [0.3, 0.4) is 0 Å². The molecule has 7 heteroatoms. The van der Waals surface area contributed by atoms with Crippen LogP contribution in [-0.4, -0.2) is 13.9 Å². The zero-order valence-corrected chi connectivity index (χ0v) is 16.1. The van der Waals surface area contributed by atoms with Gasteiger partial charge in [-0.2, -0.15) is 0 Å². The molecule has 3 nitrogen and oxygen atoms in total. The summed E-state index contributed by atoms with van der Waals surface area (Å²) >= 11 is 19.5. The minimum Gasteiger partial charge on any atom is -0.440 e. The largest absolute Gasteiger partial charge is 0.440 e. The van der Waals surface area contributed by atoms with Crippen molar-refractivity contribution in [3.05, 3.63) is 83.9 Å². The number of para-hydroxylation sites is 1. The number of hydrogen-bond acceptors (Lipinski definition) is 4. The Balaban J connectivity index is 1.80. The number of hydrogen-bond donors (Lipinski definition) is 0. The van der Waals surface area contributed by atoms with Crippen LogP contribution in [0, 0.1) is 0 Å². The number of halogens is 2. The Bertz CT molecular complexity index is 811. The van der Waals surface area contributed by atoms with E-state index in [9.17, 15) is 0 Å². The predicted octanol–water partition coefficient (Wildman–Crippen LogP) is 6.11. The summed E-state index contributed by atoms with van der Waals surface area (Å²) in [6.07, 6.45) is 5.20. The minimum atomic E-state index is -0.383. The molecule has 0 bridgehead atoms. The van der Waals surface area contributed by atoms with E-state index in [1.165, 1.54) is 11.8 Å². The molecule has 0 amide bonds. The summed E-state index contributed by atoms with van der Waals surface area (Å²) in [6.45, 7) is 0. The molecule has 0 radical (unpaired) electrons. The first-order valence-corrected chi connectivity index (χ1v) is 9.54. The second-order valence-electron chi connectivity index (χ2n) is 5.14. The van der Waals surface area contributed by atoms with Crippen LogP contribution in [0.25, 0.3) is 0 Å². The number of rotatable bonds is 5. The highest BCUT2D eigenvalue weighted by atomic mass is 35.5. The van der Waals surface area contributed by atoms with E-state index in [1.54, 1.807) is 12.5 Å². The van der Waals surface area contributed by atoms with Crippen molar-refractivity contribution < 1.29 is 4.74 Å². The molecule has 128 valence electrons. The smallest absolute Gasteiger partial charge is 0.226 e. The lowest BCUT2D eigenvalue weighted by Crippen LogP contribution is -2.13. The first kappa shape index (κ1) is 18.3. The molecule has 0 aliphatic heterocycles. The molecule has 0 saturated carbocycles. The summed E-state index contributed by atoms with van der Waals surface area (Å²) in [5.74, 6) is 0.698. The third kappa shape index (κ3) is 4.98. The lowest BCUT2D eigenvalue weighted by Gasteiger charge is -2.23. The molecule has 2 atom stereocenters. The van der Waals surface area contributed by atoms with Gasteiger partial charge in [-0.1, -0.05) is 65.3 Å². The maximum Gasteiger partial charge on any atom is 0.226 e. The van der Waals surface area contributed by atoms with Crippen LogP contribution in [0.4, 0.5) is 0 Å². The fraction of sp³-hybridized carbons (Fsp3) is 0.111. The Kier molecular flexibility index (Phi) is 6.37. The number of nitrogens with zero attached hydrogens (tertiary/aromatic N) is 2. The van der Waals surface area contributed by atoms with Gasteiger partial charge in [-0.15, -0.1) is 0 Å². The average Bonchev–Trinajstić information content (AvgIpc) is 3.15. The van der Waals surface area contributed by atoms with Crippen molar-refractivity contribution >= 4 is 51.6 Å². The fourth-order valence-electron chi connectivity index (χ4n) is 2.22. The third-order valence-corrected chi connectivity index (χ3v) is 5.74. The number of aromatic nitrogens is 2. The van der Waals surface area contributed by atoms with Gasteiger partial charge in [-0.3, -0.25) is 0 Å². The van der Waals surface area contributed by atoms with E-state index >= 15 is 0 Å². The van der Waals surface area contributed by atoms with Gasteiger partial charge in [-0.25, -0.2) is 4.98 Å². The lowest BCUT2D eigenvalue weighted by atomic mass is 10.1. The van der Waals surface area contributed by atoms with Crippen molar-refractivity contribution in [2.75, 3.05) is 0 Å². The monoisotopic (exact) mass is 408 g/mol. The van der Waals surface area contributed by atoms with Crippen molar-refractivity contribution in [3.63, 3.8) is 0 Å². The van der Waals surface area contributed by atoms with Gasteiger partial charge in [0.15, 0.2) is 0 Å². The van der Waals surface area contributed by atoms with E-state index in [0.717, 1.165) is 5.56 Å². The molecule has 3 rings (SSSR count). The van der Waals surface area contributed by atoms with Crippen molar-refractivity contribution in [2.24, 2.45) is 0 Å². The Morgan fingerprint density at radius 3 is 2.48 bits per heavy atom. The van der Waals surface area contributed by atoms with Crippen molar-refractivity contribution in [2.45, 2.75) is 10.8 Å². The molecule has 0 aliphatic carbocycles. The molecule has 2 unspecified atom stereocenters. The van der Waals surface area contributed by atoms with Gasteiger partial charge in [0.05, 0.1) is 11.6 Å². The minimum absolute atomic E-state index is 0.163. The van der Waals surface area contributed by atoms with E-state index < -0.39 is 0 Å². The van der Waals surface area contributed by atoms with Gasteiger partial charge >= 0.3 is 0 Å². The van der Waals surface area contributed by atoms with E-state index in [4.69, 9.17) is 40.2 Å². The Morgan fingerprint density at radius 1 is 1.12 bits per heavy atom. The highest BCUT2D eigenvalue weighted by molar-refractivity contribution is 8.22. The summed E-state index contributed by atoms with van der Waals surface area (Å²) in [4.78, 5) is 4.06. The van der Waals surface area contributed by atoms with E-state index in [1.807, 2.05) is 65.4 Å². The highest BCUT2D eigenvalue weighted by Crippen LogP contribution is 2.42. The summed E-state index contributed by atoms with van der Waals surface area (Å²) in [7, 11) is 0. The maximum absolute atomic E-state index is 6.69. The van der Waals surface area contributed by atoms with Crippen LogP contribution in [0.2, 0.25) is 5.02 Å². The number of imidazole rings is 1. The van der Waals surface area contributed by atoms with Crippen molar-refractivity contribution in [1.82, 2.24) is 9.55 Å². The molecule has 1 aromatic heterocycles. The predicted molar refractivity (Wildman–Crippen MR) is 109 cm³/mol. The Labute approximate surface area is 165 Å². The summed E-state index contributed by atoms with van der Waals surface area (Å²) in [6, 6.07) is 17.0. The van der Waals surface area contributed by atoms with Crippen molar-refractivity contribution in [1.29, 1.82) is 0 Å². The molecule has 0 fully saturated rings. The Morgan fingerprint density at radius 2 is 1.84 bits per heavy atom. The van der Waals surface area contributed by atoms with Crippen LogP contribution in [0.1, 0.15) is 16.3 Å². The van der Waals surface area contributed by atoms with E-state index in [-0.39, 0.29) is 10.8 Å². The topological polar surface area (TPSA) is 27.1 Å². The molecule has 2 aromatic carbocycles. The van der Waals surface area contributed by atoms with Gasteiger partial charge in [0, 0.05) is 17.4 Å². The molecule has 1 heterocycles. The van der Waals surface area contributed by atoms with Crippen LogP contribution in [-0.2, 0) is 0 Å². The molecular weight excluding hydrogens is 395 g/mol. The van der Waals surface area contributed by atoms with Gasteiger partial charge in [0.25, 0.3) is 0 Å². The number of thiocarbonyl (C=S) groups is 1. The van der Waals surface area contributed by atoms with Gasteiger partial charge in [0.1, 0.15) is 11.3 Å². The van der Waals surface area contributed by atoms with Gasteiger partial charge in [-0.05, 0) is 42.0 Å². The third-order valence-electron chi connectivity index (χ3n) is 3.43. The molecular formula is C18H14Cl2N2OS2. The standard InChI is InChI=1S/C18H14Cl2N2OS2/c19-14-8-6-13(7-9-14)16(17(20)22-11-10-21-12-22)25-18(24)23-15-4-2-1-3-5-15/h1-12,16-17H. The van der Waals surface area contributed by atoms with Crippen LogP contribution >= 0.6 is 47.2 Å². The zero-order chi connectivity index (χ0) is 17.6. The number of ether oxygens (including phenoxy) is 1. The number of alkyl halides is 1. The first-order chi connectivity index (χ1) is 12.1. The highest BCUT2D eigenvalue weighted by Gasteiger charge is 2.26. The van der Waals surface area contributed by atoms with Gasteiger partial charge < -0.3 is 9.30 Å². The molecule has 0 aliphatic rings. The number of thioether (sulfide) groups is 1. The fourth-order valence-corrected chi connectivity index (χ4v) is 4.07. The summed E-state index contributed by atoms with van der Waals surface area (Å²) in [5, 5.41) is 0.508. The lowest BCUT2D eigenvalue weighted by molar-refractivity contribution is 0.577. The van der Waals surface area contributed by atoms with Crippen LogP contribution in [0.15, 0.2) is 73.3 Å². The van der Waals surface area contributed by atoms with Crippen LogP contribution < -0.4 is 4.74 Å². The van der Waals surface area contributed by atoms with E-state index in [2.05, 4.69) is 4.98 Å². The molecule has 25 heavy (non-hydrogen) atoms. The van der Waals surface area contributed by atoms with Crippen molar-refractivity contribution in [3.8, 4) is 5.75 Å². The van der Waals surface area contributed by atoms with Crippen LogP contribution in [0.5, 0.6) is 5.75 Å². The quantitative estimate of drug-likeness (QED) is 0.375. The number of benzene rings is 2. The summed E-state index contributed by atoms with van der Waals surface area (Å²) in [5.41, 5.74) is 0.619. The normalized spacial score (nSPS) is 13.2. The van der Waals surface area contributed by atoms with E-state index in [0.29, 0.717) is 15.2 Å². The first-order valence-electron chi connectivity index (χ1n) is 7.44. The zero-order valence-electron chi connectivity index (χ0n) is 13.0.